The molecule has 0 bridgehead atoms. The minimum Gasteiger partial charge on any atom is -0.481 e. The molecular formula is C23H25ClFNO4. The molecule has 1 unspecified atom stereocenters. The first-order chi connectivity index (χ1) is 14.1. The van der Waals surface area contributed by atoms with Gasteiger partial charge in [-0.25, -0.2) is 4.39 Å². The van der Waals surface area contributed by atoms with Crippen molar-refractivity contribution in [2.75, 3.05) is 20.1 Å². The maximum atomic E-state index is 15.2. The van der Waals surface area contributed by atoms with E-state index >= 15 is 4.39 Å². The third kappa shape index (κ3) is 4.72. The van der Waals surface area contributed by atoms with Gasteiger partial charge in [-0.3, -0.25) is 9.59 Å². The van der Waals surface area contributed by atoms with E-state index in [-0.39, 0.29) is 22.6 Å². The number of aliphatic hydroxyl groups is 1. The number of carbonyl (C=O) groups is 2. The van der Waals surface area contributed by atoms with Crippen LogP contribution in [0.5, 0.6) is 0 Å². The van der Waals surface area contributed by atoms with Crippen molar-refractivity contribution in [1.29, 1.82) is 0 Å². The number of likely N-dealkylation sites (tertiary alicyclic amines) is 1. The number of rotatable bonds is 6. The zero-order valence-electron chi connectivity index (χ0n) is 17.0. The van der Waals surface area contributed by atoms with Gasteiger partial charge < -0.3 is 15.1 Å². The smallest absolute Gasteiger partial charge is 0.307 e. The summed E-state index contributed by atoms with van der Waals surface area (Å²) >= 11 is 5.85. The number of halogens is 2. The van der Waals surface area contributed by atoms with Crippen molar-refractivity contribution in [3.05, 3.63) is 69.5 Å². The first-order valence-electron chi connectivity index (χ1n) is 9.85. The lowest BCUT2D eigenvalue weighted by Gasteiger charge is -2.39. The fourth-order valence-electron chi connectivity index (χ4n) is 4.06. The molecule has 30 heavy (non-hydrogen) atoms. The van der Waals surface area contributed by atoms with E-state index in [1.165, 1.54) is 30.3 Å². The van der Waals surface area contributed by atoms with Crippen LogP contribution in [-0.2, 0) is 16.8 Å². The quantitative estimate of drug-likeness (QED) is 0.676. The average Bonchev–Trinajstić information content (AvgIpc) is 2.67. The van der Waals surface area contributed by atoms with Gasteiger partial charge >= 0.3 is 5.97 Å². The van der Waals surface area contributed by atoms with Crippen LogP contribution in [0, 0.1) is 11.7 Å². The van der Waals surface area contributed by atoms with Gasteiger partial charge in [0.25, 0.3) is 0 Å². The zero-order chi connectivity index (χ0) is 22.1. The summed E-state index contributed by atoms with van der Waals surface area (Å²) in [5.74, 6) is -2.73. The van der Waals surface area contributed by atoms with Crippen molar-refractivity contribution in [2.45, 2.75) is 31.8 Å². The van der Waals surface area contributed by atoms with Crippen molar-refractivity contribution in [3.63, 3.8) is 0 Å². The fraction of sp³-hybridized carbons (Fsp3) is 0.391. The van der Waals surface area contributed by atoms with Gasteiger partial charge in [0, 0.05) is 10.6 Å². The van der Waals surface area contributed by atoms with Crippen LogP contribution in [0.25, 0.3) is 0 Å². The Hall–Kier alpha value is -2.28. The minimum atomic E-state index is -1.34. The van der Waals surface area contributed by atoms with E-state index in [0.717, 1.165) is 32.0 Å². The molecule has 1 aliphatic heterocycles. The molecule has 1 fully saturated rings. The summed E-state index contributed by atoms with van der Waals surface area (Å²) in [7, 11) is 2.01. The topological polar surface area (TPSA) is 77.8 Å². The summed E-state index contributed by atoms with van der Waals surface area (Å²) in [5, 5.41) is 21.0. The SMILES string of the molecule is CN1CCC(C(C)(O)c2cc(F)c(C(=O)c3ccc(Cl)cc3)c(CC(=O)O)c2)CC1. The van der Waals surface area contributed by atoms with E-state index < -0.39 is 29.6 Å². The molecule has 0 spiro atoms. The molecule has 3 rings (SSSR count). The molecule has 2 aromatic carbocycles. The summed E-state index contributed by atoms with van der Waals surface area (Å²) in [6, 6.07) is 8.59. The van der Waals surface area contributed by atoms with Gasteiger partial charge in [0.05, 0.1) is 17.6 Å². The third-order valence-electron chi connectivity index (χ3n) is 5.95. The van der Waals surface area contributed by atoms with Crippen molar-refractivity contribution in [1.82, 2.24) is 4.90 Å². The molecule has 1 heterocycles. The molecule has 0 amide bonds. The Morgan fingerprint density at radius 1 is 1.20 bits per heavy atom. The van der Waals surface area contributed by atoms with Crippen molar-refractivity contribution in [2.24, 2.45) is 5.92 Å². The van der Waals surface area contributed by atoms with E-state index in [2.05, 4.69) is 4.90 Å². The van der Waals surface area contributed by atoms with Crippen molar-refractivity contribution in [3.8, 4) is 0 Å². The molecule has 160 valence electrons. The number of nitrogens with zero attached hydrogens (tertiary/aromatic N) is 1. The van der Waals surface area contributed by atoms with E-state index in [4.69, 9.17) is 11.6 Å². The summed E-state index contributed by atoms with van der Waals surface area (Å²) in [6.07, 6.45) is 0.957. The number of aliphatic carboxylic acids is 1. The summed E-state index contributed by atoms with van der Waals surface area (Å²) in [4.78, 5) is 26.5. The average molecular weight is 434 g/mol. The van der Waals surface area contributed by atoms with Crippen LogP contribution in [0.3, 0.4) is 0 Å². The van der Waals surface area contributed by atoms with Gasteiger partial charge in [0.15, 0.2) is 5.78 Å². The molecule has 2 N–H and O–H groups in total. The Bertz CT molecular complexity index is 950. The molecule has 7 heteroatoms. The molecule has 5 nitrogen and oxygen atoms in total. The zero-order valence-corrected chi connectivity index (χ0v) is 17.7. The Morgan fingerprint density at radius 2 is 1.80 bits per heavy atom. The van der Waals surface area contributed by atoms with Crippen LogP contribution >= 0.6 is 11.6 Å². The number of piperidine rings is 1. The molecule has 0 aromatic heterocycles. The van der Waals surface area contributed by atoms with Gasteiger partial charge in [-0.1, -0.05) is 17.7 Å². The maximum absolute atomic E-state index is 15.2. The summed E-state index contributed by atoms with van der Waals surface area (Å²) < 4.78 is 15.2. The maximum Gasteiger partial charge on any atom is 0.307 e. The minimum absolute atomic E-state index is 0.0469. The second-order valence-corrected chi connectivity index (χ2v) is 8.56. The van der Waals surface area contributed by atoms with E-state index in [1.807, 2.05) is 7.05 Å². The van der Waals surface area contributed by atoms with Gasteiger partial charge in [-0.2, -0.15) is 0 Å². The van der Waals surface area contributed by atoms with Gasteiger partial charge in [-0.15, -0.1) is 0 Å². The molecule has 1 saturated heterocycles. The highest BCUT2D eigenvalue weighted by Crippen LogP contribution is 2.38. The van der Waals surface area contributed by atoms with Gasteiger partial charge in [0.1, 0.15) is 5.82 Å². The van der Waals surface area contributed by atoms with Crippen LogP contribution in [-0.4, -0.2) is 47.0 Å². The number of carboxylic acids is 1. The van der Waals surface area contributed by atoms with Crippen LogP contribution < -0.4 is 0 Å². The largest absolute Gasteiger partial charge is 0.481 e. The highest BCUT2D eigenvalue weighted by molar-refractivity contribution is 6.30. The highest BCUT2D eigenvalue weighted by atomic mass is 35.5. The molecular weight excluding hydrogens is 409 g/mol. The van der Waals surface area contributed by atoms with Crippen molar-refractivity contribution < 1.29 is 24.2 Å². The Morgan fingerprint density at radius 3 is 2.37 bits per heavy atom. The molecule has 0 radical (unpaired) electrons. The number of carbonyl (C=O) groups excluding carboxylic acids is 1. The first-order valence-corrected chi connectivity index (χ1v) is 10.2. The molecule has 1 aliphatic rings. The number of ketones is 1. The lowest BCUT2D eigenvalue weighted by molar-refractivity contribution is -0.136. The lowest BCUT2D eigenvalue weighted by atomic mass is 9.76. The first kappa shape index (κ1) is 22.4. The van der Waals surface area contributed by atoms with Crippen molar-refractivity contribution >= 4 is 23.4 Å². The number of hydrogen-bond donors (Lipinski definition) is 2. The summed E-state index contributed by atoms with van der Waals surface area (Å²) in [6.45, 7) is 3.26. The Kier molecular flexibility index (Phi) is 6.60. The molecule has 0 aliphatic carbocycles. The van der Waals surface area contributed by atoms with E-state index in [9.17, 15) is 19.8 Å². The third-order valence-corrected chi connectivity index (χ3v) is 6.20. The fourth-order valence-corrected chi connectivity index (χ4v) is 4.19. The van der Waals surface area contributed by atoms with E-state index in [0.29, 0.717) is 10.6 Å². The normalized spacial score (nSPS) is 17.5. The number of carboxylic acid groups (broad SMARTS) is 1. The van der Waals surface area contributed by atoms with Crippen LogP contribution in [0.2, 0.25) is 5.02 Å². The van der Waals surface area contributed by atoms with Crippen LogP contribution in [0.1, 0.15) is 46.8 Å². The number of hydrogen-bond acceptors (Lipinski definition) is 4. The second kappa shape index (κ2) is 8.84. The standard InChI is InChI=1S/C23H25ClFNO4/c1-23(30,16-7-9-26(2)10-8-16)17-11-15(12-20(27)28)21(19(25)13-17)22(29)14-3-5-18(24)6-4-14/h3-6,11,13,16,30H,7-10,12H2,1-2H3,(H,27,28). The second-order valence-electron chi connectivity index (χ2n) is 8.12. The molecule has 2 aromatic rings. The van der Waals surface area contributed by atoms with Crippen LogP contribution in [0.15, 0.2) is 36.4 Å². The van der Waals surface area contributed by atoms with Gasteiger partial charge in [-0.05, 0) is 87.3 Å². The Labute approximate surface area is 180 Å². The number of benzene rings is 2. The molecule has 0 saturated carbocycles. The predicted molar refractivity (Wildman–Crippen MR) is 112 cm³/mol. The monoisotopic (exact) mass is 433 g/mol. The lowest BCUT2D eigenvalue weighted by Crippen LogP contribution is -2.40. The molecule has 1 atom stereocenters. The predicted octanol–water partition coefficient (Wildman–Crippen LogP) is 3.89. The highest BCUT2D eigenvalue weighted by Gasteiger charge is 2.37. The van der Waals surface area contributed by atoms with E-state index in [1.54, 1.807) is 6.92 Å². The Balaban J connectivity index is 2.04. The van der Waals surface area contributed by atoms with Gasteiger partial charge in [0.2, 0.25) is 0 Å². The summed E-state index contributed by atoms with van der Waals surface area (Å²) in [5.41, 5.74) is -1.08. The van der Waals surface area contributed by atoms with Crippen LogP contribution in [0.4, 0.5) is 4.39 Å².